The fourth-order valence-electron chi connectivity index (χ4n) is 2.23. The van der Waals surface area contributed by atoms with E-state index in [1.807, 2.05) is 35.0 Å². The van der Waals surface area contributed by atoms with Crippen LogP contribution in [0, 0.1) is 0 Å². The molecule has 0 fully saturated rings. The van der Waals surface area contributed by atoms with Crippen LogP contribution in [0.4, 0.5) is 0 Å². The van der Waals surface area contributed by atoms with E-state index in [2.05, 4.69) is 9.72 Å². The number of hydrogen-bond donors (Lipinski definition) is 0. The SMILES string of the molecule is COC(=O)c1ccc(Cn2ccc3ccc(Cl)nc32)cc1. The van der Waals surface area contributed by atoms with Crippen molar-refractivity contribution in [3.05, 3.63) is 64.9 Å². The van der Waals surface area contributed by atoms with E-state index in [0.717, 1.165) is 16.6 Å². The molecular formula is C16H13ClN2O2. The number of fused-ring (bicyclic) bond motifs is 1. The summed E-state index contributed by atoms with van der Waals surface area (Å²) in [6.45, 7) is 0.665. The summed E-state index contributed by atoms with van der Waals surface area (Å²) in [6, 6.07) is 13.0. The monoisotopic (exact) mass is 300 g/mol. The molecule has 1 aromatic carbocycles. The minimum atomic E-state index is -0.332. The number of pyridine rings is 1. The first kappa shape index (κ1) is 13.6. The Bertz CT molecular complexity index is 794. The van der Waals surface area contributed by atoms with Gasteiger partial charge in [-0.25, -0.2) is 9.78 Å². The van der Waals surface area contributed by atoms with Crippen LogP contribution in [0.2, 0.25) is 5.15 Å². The van der Waals surface area contributed by atoms with Gasteiger partial charge < -0.3 is 9.30 Å². The van der Waals surface area contributed by atoms with Gasteiger partial charge in [0.05, 0.1) is 12.7 Å². The van der Waals surface area contributed by atoms with Gasteiger partial charge >= 0.3 is 5.97 Å². The summed E-state index contributed by atoms with van der Waals surface area (Å²) in [7, 11) is 1.37. The van der Waals surface area contributed by atoms with Crippen molar-refractivity contribution < 1.29 is 9.53 Å². The Labute approximate surface area is 126 Å². The Kier molecular flexibility index (Phi) is 3.62. The molecule has 3 aromatic rings. The quantitative estimate of drug-likeness (QED) is 0.549. The highest BCUT2D eigenvalue weighted by Crippen LogP contribution is 2.18. The van der Waals surface area contributed by atoms with Crippen molar-refractivity contribution in [3.63, 3.8) is 0 Å². The first-order valence-electron chi connectivity index (χ1n) is 6.46. The average molecular weight is 301 g/mol. The van der Waals surface area contributed by atoms with Crippen LogP contribution in [0.5, 0.6) is 0 Å². The van der Waals surface area contributed by atoms with Gasteiger partial charge in [-0.2, -0.15) is 0 Å². The van der Waals surface area contributed by atoms with Gasteiger partial charge in [-0.3, -0.25) is 0 Å². The number of nitrogens with zero attached hydrogens (tertiary/aromatic N) is 2. The summed E-state index contributed by atoms with van der Waals surface area (Å²) in [5.74, 6) is -0.332. The van der Waals surface area contributed by atoms with E-state index < -0.39 is 0 Å². The van der Waals surface area contributed by atoms with Crippen molar-refractivity contribution in [2.24, 2.45) is 0 Å². The normalized spacial score (nSPS) is 10.8. The first-order chi connectivity index (χ1) is 10.2. The second-order valence-electron chi connectivity index (χ2n) is 4.68. The number of hydrogen-bond acceptors (Lipinski definition) is 3. The van der Waals surface area contributed by atoms with E-state index in [1.165, 1.54) is 7.11 Å². The molecule has 0 bridgehead atoms. The van der Waals surface area contributed by atoms with Gasteiger partial charge in [0.25, 0.3) is 0 Å². The van der Waals surface area contributed by atoms with Crippen molar-refractivity contribution >= 4 is 28.6 Å². The smallest absolute Gasteiger partial charge is 0.337 e. The number of halogens is 1. The largest absolute Gasteiger partial charge is 0.465 e. The van der Waals surface area contributed by atoms with Crippen LogP contribution in [0.15, 0.2) is 48.7 Å². The predicted molar refractivity (Wildman–Crippen MR) is 81.6 cm³/mol. The number of aromatic nitrogens is 2. The topological polar surface area (TPSA) is 44.1 Å². The van der Waals surface area contributed by atoms with Gasteiger partial charge in [-0.1, -0.05) is 23.7 Å². The molecule has 0 radical (unpaired) electrons. The third kappa shape index (κ3) is 2.76. The van der Waals surface area contributed by atoms with Crippen LogP contribution in [-0.2, 0) is 11.3 Å². The maximum atomic E-state index is 11.4. The summed E-state index contributed by atoms with van der Waals surface area (Å²) in [4.78, 5) is 15.7. The maximum Gasteiger partial charge on any atom is 0.337 e. The van der Waals surface area contributed by atoms with Crippen LogP contribution < -0.4 is 0 Å². The highest BCUT2D eigenvalue weighted by molar-refractivity contribution is 6.29. The van der Waals surface area contributed by atoms with Crippen molar-refractivity contribution in [2.75, 3.05) is 7.11 Å². The van der Waals surface area contributed by atoms with Crippen LogP contribution in [-0.4, -0.2) is 22.6 Å². The minimum Gasteiger partial charge on any atom is -0.465 e. The van der Waals surface area contributed by atoms with Gasteiger partial charge in [0.1, 0.15) is 10.8 Å². The average Bonchev–Trinajstić information content (AvgIpc) is 2.89. The number of carbonyl (C=O) groups is 1. The fourth-order valence-corrected chi connectivity index (χ4v) is 2.37. The highest BCUT2D eigenvalue weighted by Gasteiger charge is 2.07. The van der Waals surface area contributed by atoms with Crippen molar-refractivity contribution in [3.8, 4) is 0 Å². The molecular weight excluding hydrogens is 288 g/mol. The predicted octanol–water partition coefficient (Wildman–Crippen LogP) is 3.52. The molecule has 0 aliphatic rings. The molecule has 2 aromatic heterocycles. The number of esters is 1. The number of methoxy groups -OCH3 is 1. The third-order valence-electron chi connectivity index (χ3n) is 3.31. The zero-order valence-electron chi connectivity index (χ0n) is 11.4. The Morgan fingerprint density at radius 1 is 1.19 bits per heavy atom. The van der Waals surface area contributed by atoms with Gasteiger partial charge in [-0.15, -0.1) is 0 Å². The summed E-state index contributed by atoms with van der Waals surface area (Å²) in [5, 5.41) is 1.52. The van der Waals surface area contributed by atoms with Crippen LogP contribution in [0.25, 0.3) is 11.0 Å². The van der Waals surface area contributed by atoms with E-state index in [1.54, 1.807) is 18.2 Å². The lowest BCUT2D eigenvalue weighted by atomic mass is 10.1. The first-order valence-corrected chi connectivity index (χ1v) is 6.84. The molecule has 21 heavy (non-hydrogen) atoms. The van der Waals surface area contributed by atoms with Crippen LogP contribution in [0.1, 0.15) is 15.9 Å². The zero-order valence-corrected chi connectivity index (χ0v) is 12.2. The Hall–Kier alpha value is -2.33. The van der Waals surface area contributed by atoms with Crippen molar-refractivity contribution in [1.29, 1.82) is 0 Å². The molecule has 0 saturated heterocycles. The van der Waals surface area contributed by atoms with E-state index >= 15 is 0 Å². The van der Waals surface area contributed by atoms with E-state index in [-0.39, 0.29) is 5.97 Å². The second kappa shape index (κ2) is 5.58. The van der Waals surface area contributed by atoms with Crippen molar-refractivity contribution in [1.82, 2.24) is 9.55 Å². The lowest BCUT2D eigenvalue weighted by molar-refractivity contribution is 0.0600. The van der Waals surface area contributed by atoms with Crippen molar-refractivity contribution in [2.45, 2.75) is 6.54 Å². The molecule has 0 unspecified atom stereocenters. The van der Waals surface area contributed by atoms with Gasteiger partial charge in [-0.05, 0) is 35.9 Å². The molecule has 0 amide bonds. The second-order valence-corrected chi connectivity index (χ2v) is 5.07. The zero-order chi connectivity index (χ0) is 14.8. The molecule has 5 heteroatoms. The third-order valence-corrected chi connectivity index (χ3v) is 3.52. The molecule has 0 aliphatic carbocycles. The summed E-state index contributed by atoms with van der Waals surface area (Å²) in [6.07, 6.45) is 1.97. The number of rotatable bonds is 3. The molecule has 0 saturated carbocycles. The van der Waals surface area contributed by atoms with Gasteiger partial charge in [0.2, 0.25) is 0 Å². The molecule has 106 valence electrons. The van der Waals surface area contributed by atoms with E-state index in [0.29, 0.717) is 17.3 Å². The van der Waals surface area contributed by atoms with Gasteiger partial charge in [0, 0.05) is 18.1 Å². The summed E-state index contributed by atoms with van der Waals surface area (Å²) >= 11 is 5.95. The molecule has 0 spiro atoms. The summed E-state index contributed by atoms with van der Waals surface area (Å²) in [5.41, 5.74) is 2.46. The Morgan fingerprint density at radius 3 is 2.67 bits per heavy atom. The minimum absolute atomic E-state index is 0.332. The molecule has 0 atom stereocenters. The molecule has 2 heterocycles. The molecule has 3 rings (SSSR count). The maximum absolute atomic E-state index is 11.4. The fraction of sp³-hybridized carbons (Fsp3) is 0.125. The highest BCUT2D eigenvalue weighted by atomic mass is 35.5. The standard InChI is InChI=1S/C16H13ClN2O2/c1-21-16(20)13-4-2-11(3-5-13)10-19-9-8-12-6-7-14(17)18-15(12)19/h2-9H,10H2,1H3. The summed E-state index contributed by atoms with van der Waals surface area (Å²) < 4.78 is 6.71. The molecule has 4 nitrogen and oxygen atoms in total. The van der Waals surface area contributed by atoms with Gasteiger partial charge in [0.15, 0.2) is 0 Å². The lowest BCUT2D eigenvalue weighted by Gasteiger charge is -2.06. The Morgan fingerprint density at radius 2 is 1.95 bits per heavy atom. The number of benzene rings is 1. The van der Waals surface area contributed by atoms with Crippen LogP contribution in [0.3, 0.4) is 0 Å². The number of carbonyl (C=O) groups excluding carboxylic acids is 1. The van der Waals surface area contributed by atoms with E-state index in [4.69, 9.17) is 11.6 Å². The lowest BCUT2D eigenvalue weighted by Crippen LogP contribution is -2.03. The molecule has 0 aliphatic heterocycles. The molecule has 0 N–H and O–H groups in total. The van der Waals surface area contributed by atoms with Crippen LogP contribution >= 0.6 is 11.6 Å². The number of ether oxygens (including phenoxy) is 1. The Balaban J connectivity index is 1.88. The van der Waals surface area contributed by atoms with E-state index in [9.17, 15) is 4.79 Å².